The van der Waals surface area contributed by atoms with Crippen molar-refractivity contribution in [2.24, 2.45) is 5.73 Å². The van der Waals surface area contributed by atoms with Crippen LogP contribution < -0.4 is 5.73 Å². The fraction of sp³-hybridized carbons (Fsp3) is 0.133. The molecule has 3 heteroatoms. The minimum atomic E-state index is -0.318. The molecule has 0 spiro atoms. The first kappa shape index (κ1) is 12.7. The first-order valence-corrected chi connectivity index (χ1v) is 6.13. The summed E-state index contributed by atoms with van der Waals surface area (Å²) in [5, 5.41) is 0.654. The second-order valence-electron chi connectivity index (χ2n) is 4.20. The van der Waals surface area contributed by atoms with Crippen molar-refractivity contribution < 1.29 is 4.79 Å². The van der Waals surface area contributed by atoms with Gasteiger partial charge in [0.1, 0.15) is 0 Å². The van der Waals surface area contributed by atoms with Crippen molar-refractivity contribution in [2.75, 3.05) is 0 Å². The molecule has 2 rings (SSSR count). The van der Waals surface area contributed by atoms with Crippen molar-refractivity contribution in [1.82, 2.24) is 0 Å². The Balaban J connectivity index is 2.24. The predicted molar refractivity (Wildman–Crippen MR) is 73.5 cm³/mol. The van der Waals surface area contributed by atoms with E-state index in [1.165, 1.54) is 0 Å². The Hall–Kier alpha value is -1.80. The molecule has 0 heterocycles. The van der Waals surface area contributed by atoms with Crippen LogP contribution in [0, 0.1) is 0 Å². The fourth-order valence-electron chi connectivity index (χ4n) is 1.93. The van der Waals surface area contributed by atoms with Crippen molar-refractivity contribution in [2.45, 2.75) is 12.3 Å². The van der Waals surface area contributed by atoms with E-state index in [1.54, 1.807) is 12.1 Å². The molecule has 92 valence electrons. The summed E-state index contributed by atoms with van der Waals surface area (Å²) in [6.45, 7) is 0. The molecule has 0 aliphatic heterocycles. The third-order valence-corrected chi connectivity index (χ3v) is 3.15. The Morgan fingerprint density at radius 2 is 1.67 bits per heavy atom. The Morgan fingerprint density at radius 3 is 2.22 bits per heavy atom. The van der Waals surface area contributed by atoms with E-state index >= 15 is 0 Å². The molecule has 1 atom stereocenters. The number of hydrogen-bond acceptors (Lipinski definition) is 1. The second-order valence-corrected chi connectivity index (χ2v) is 4.63. The molecule has 2 nitrogen and oxygen atoms in total. The van der Waals surface area contributed by atoms with Gasteiger partial charge in [-0.15, -0.1) is 0 Å². The maximum atomic E-state index is 11.6. The van der Waals surface area contributed by atoms with E-state index in [0.717, 1.165) is 11.1 Å². The first-order valence-electron chi connectivity index (χ1n) is 5.75. The average Bonchev–Trinajstić information content (AvgIpc) is 2.38. The maximum Gasteiger partial charge on any atom is 0.225 e. The highest BCUT2D eigenvalue weighted by molar-refractivity contribution is 6.30. The number of halogens is 1. The molecule has 0 aliphatic carbocycles. The zero-order valence-electron chi connectivity index (χ0n) is 9.84. The van der Waals surface area contributed by atoms with Gasteiger partial charge in [-0.2, -0.15) is 0 Å². The van der Waals surface area contributed by atoms with Crippen molar-refractivity contribution in [3.05, 3.63) is 70.7 Å². The van der Waals surface area contributed by atoms with Crippen molar-refractivity contribution in [1.29, 1.82) is 0 Å². The zero-order valence-corrected chi connectivity index (χ0v) is 10.6. The Labute approximate surface area is 111 Å². The van der Waals surface area contributed by atoms with E-state index in [4.69, 9.17) is 17.3 Å². The number of carbonyl (C=O) groups is 1. The van der Waals surface area contributed by atoms with Gasteiger partial charge in [0.15, 0.2) is 0 Å². The third kappa shape index (κ3) is 3.11. The minimum absolute atomic E-state index is 0.315. The lowest BCUT2D eigenvalue weighted by atomic mass is 9.91. The molecule has 18 heavy (non-hydrogen) atoms. The van der Waals surface area contributed by atoms with Crippen LogP contribution in [0.4, 0.5) is 0 Å². The van der Waals surface area contributed by atoms with E-state index in [2.05, 4.69) is 0 Å². The van der Waals surface area contributed by atoms with E-state index in [0.29, 0.717) is 11.4 Å². The molecular formula is C15H14ClNO. The summed E-state index contributed by atoms with van der Waals surface area (Å²) in [5.41, 5.74) is 7.48. The third-order valence-electron chi connectivity index (χ3n) is 2.90. The topological polar surface area (TPSA) is 43.1 Å². The van der Waals surface area contributed by atoms with Crippen molar-refractivity contribution in [3.8, 4) is 0 Å². The predicted octanol–water partition coefficient (Wildman–Crippen LogP) is 3.15. The molecule has 1 unspecified atom stereocenters. The van der Waals surface area contributed by atoms with E-state index in [9.17, 15) is 4.79 Å². The van der Waals surface area contributed by atoms with E-state index in [1.807, 2.05) is 42.5 Å². The number of hydrogen-bond donors (Lipinski definition) is 1. The van der Waals surface area contributed by atoms with Crippen LogP contribution in [0.25, 0.3) is 0 Å². The number of primary amides is 1. The summed E-state index contributed by atoms with van der Waals surface area (Å²) >= 11 is 5.84. The van der Waals surface area contributed by atoms with E-state index < -0.39 is 0 Å². The molecular weight excluding hydrogens is 246 g/mol. The molecule has 0 aliphatic rings. The lowest BCUT2D eigenvalue weighted by Crippen LogP contribution is -2.23. The van der Waals surface area contributed by atoms with Gasteiger partial charge >= 0.3 is 0 Å². The minimum Gasteiger partial charge on any atom is -0.369 e. The number of amides is 1. The maximum absolute atomic E-state index is 11.6. The highest BCUT2D eigenvalue weighted by Gasteiger charge is 2.18. The summed E-state index contributed by atoms with van der Waals surface area (Å²) in [6, 6.07) is 17.1. The number of rotatable bonds is 4. The molecule has 0 saturated carbocycles. The van der Waals surface area contributed by atoms with Crippen LogP contribution in [-0.2, 0) is 11.2 Å². The van der Waals surface area contributed by atoms with Crippen LogP contribution >= 0.6 is 11.6 Å². The monoisotopic (exact) mass is 259 g/mol. The van der Waals surface area contributed by atoms with Gasteiger partial charge in [-0.1, -0.05) is 54.1 Å². The van der Waals surface area contributed by atoms with Gasteiger partial charge < -0.3 is 5.73 Å². The summed E-state index contributed by atoms with van der Waals surface area (Å²) in [4.78, 5) is 11.6. The van der Waals surface area contributed by atoms with Gasteiger partial charge in [-0.05, 0) is 29.7 Å². The van der Waals surface area contributed by atoms with Gasteiger partial charge in [0.25, 0.3) is 0 Å². The highest BCUT2D eigenvalue weighted by atomic mass is 35.5. The highest BCUT2D eigenvalue weighted by Crippen LogP contribution is 2.22. The second kappa shape index (κ2) is 5.69. The first-order chi connectivity index (χ1) is 8.66. The standard InChI is InChI=1S/C15H14ClNO/c16-13-8-6-12(7-9-13)14(15(17)18)10-11-4-2-1-3-5-11/h1-9,14H,10H2,(H2,17,18). The number of nitrogens with two attached hydrogens (primary N) is 1. The number of benzene rings is 2. The zero-order chi connectivity index (χ0) is 13.0. The smallest absolute Gasteiger partial charge is 0.225 e. The molecule has 0 fully saturated rings. The van der Waals surface area contributed by atoms with E-state index in [-0.39, 0.29) is 11.8 Å². The number of carbonyl (C=O) groups excluding carboxylic acids is 1. The average molecular weight is 260 g/mol. The molecule has 2 aromatic rings. The normalized spacial score (nSPS) is 12.1. The molecule has 0 radical (unpaired) electrons. The van der Waals surface area contributed by atoms with Gasteiger partial charge in [0.05, 0.1) is 5.92 Å². The van der Waals surface area contributed by atoms with Crippen LogP contribution in [0.15, 0.2) is 54.6 Å². The van der Waals surface area contributed by atoms with Crippen LogP contribution in [-0.4, -0.2) is 5.91 Å². The molecule has 2 N–H and O–H groups in total. The fourth-order valence-corrected chi connectivity index (χ4v) is 2.05. The summed E-state index contributed by atoms with van der Waals surface area (Å²) in [5.74, 6) is -0.633. The molecule has 2 aromatic carbocycles. The van der Waals surface area contributed by atoms with Gasteiger partial charge in [0.2, 0.25) is 5.91 Å². The molecule has 0 bridgehead atoms. The van der Waals surface area contributed by atoms with Crippen molar-refractivity contribution in [3.63, 3.8) is 0 Å². The lowest BCUT2D eigenvalue weighted by molar-refractivity contribution is -0.119. The van der Waals surface area contributed by atoms with Crippen LogP contribution in [0.2, 0.25) is 5.02 Å². The summed E-state index contributed by atoms with van der Waals surface area (Å²) in [7, 11) is 0. The van der Waals surface area contributed by atoms with Crippen LogP contribution in [0.5, 0.6) is 0 Å². The SMILES string of the molecule is NC(=O)C(Cc1ccccc1)c1ccc(Cl)cc1. The Morgan fingerprint density at radius 1 is 1.06 bits per heavy atom. The summed E-state index contributed by atoms with van der Waals surface area (Å²) < 4.78 is 0. The molecule has 1 amide bonds. The van der Waals surface area contributed by atoms with Crippen LogP contribution in [0.1, 0.15) is 17.0 Å². The van der Waals surface area contributed by atoms with Crippen LogP contribution in [0.3, 0.4) is 0 Å². The summed E-state index contributed by atoms with van der Waals surface area (Å²) in [6.07, 6.45) is 0.609. The Kier molecular flexibility index (Phi) is 4.00. The Bertz CT molecular complexity index is 522. The molecule has 0 aromatic heterocycles. The van der Waals surface area contributed by atoms with Gasteiger partial charge in [0, 0.05) is 5.02 Å². The van der Waals surface area contributed by atoms with Gasteiger partial charge in [-0.25, -0.2) is 0 Å². The van der Waals surface area contributed by atoms with Crippen molar-refractivity contribution >= 4 is 17.5 Å². The quantitative estimate of drug-likeness (QED) is 0.901. The largest absolute Gasteiger partial charge is 0.369 e. The van der Waals surface area contributed by atoms with Gasteiger partial charge in [-0.3, -0.25) is 4.79 Å². The lowest BCUT2D eigenvalue weighted by Gasteiger charge is -2.14. The molecule has 0 saturated heterocycles.